The van der Waals surface area contributed by atoms with E-state index in [9.17, 15) is 14.9 Å². The minimum atomic E-state index is -1.16. The first-order chi connectivity index (χ1) is 12.4. The van der Waals surface area contributed by atoms with E-state index in [-0.39, 0.29) is 11.3 Å². The number of halogens is 2. The molecule has 0 unspecified atom stereocenters. The summed E-state index contributed by atoms with van der Waals surface area (Å²) in [6.07, 6.45) is 1.27. The van der Waals surface area contributed by atoms with Crippen molar-refractivity contribution in [1.82, 2.24) is 0 Å². The van der Waals surface area contributed by atoms with Crippen molar-refractivity contribution >= 4 is 46.8 Å². The van der Waals surface area contributed by atoms with E-state index in [1.165, 1.54) is 30.3 Å². The second-order valence-corrected chi connectivity index (χ2v) is 5.87. The molecule has 0 bridgehead atoms. The number of nitrogens with zero attached hydrogens (tertiary/aromatic N) is 1. The van der Waals surface area contributed by atoms with Crippen LogP contribution in [0.2, 0.25) is 10.0 Å². The largest absolute Gasteiger partial charge is 0.481 e. The number of carbonyl (C=O) groups is 2. The number of benzene rings is 2. The Balaban J connectivity index is 2.30. The van der Waals surface area contributed by atoms with Gasteiger partial charge in [0.2, 0.25) is 0 Å². The number of ether oxygens (including phenoxy) is 1. The molecule has 2 aromatic carbocycles. The summed E-state index contributed by atoms with van der Waals surface area (Å²) in [5.74, 6) is -1.63. The van der Waals surface area contributed by atoms with E-state index >= 15 is 0 Å². The third-order valence-corrected chi connectivity index (χ3v) is 3.54. The van der Waals surface area contributed by atoms with Crippen molar-refractivity contribution < 1.29 is 19.4 Å². The van der Waals surface area contributed by atoms with Gasteiger partial charge in [0.05, 0.1) is 0 Å². The first kappa shape index (κ1) is 19.3. The zero-order chi connectivity index (χ0) is 19.1. The maximum absolute atomic E-state index is 12.3. The molecule has 0 aliphatic rings. The van der Waals surface area contributed by atoms with Gasteiger partial charge >= 0.3 is 5.97 Å². The summed E-state index contributed by atoms with van der Waals surface area (Å²) in [7, 11) is 0. The lowest BCUT2D eigenvalue weighted by molar-refractivity contribution is -0.139. The number of carboxylic acid groups (broad SMARTS) is 1. The maximum atomic E-state index is 12.3. The normalized spacial score (nSPS) is 10.7. The lowest BCUT2D eigenvalue weighted by Crippen LogP contribution is -2.13. The highest BCUT2D eigenvalue weighted by Crippen LogP contribution is 2.26. The minimum absolute atomic E-state index is 0.181. The molecule has 0 heterocycles. The topological polar surface area (TPSA) is 99.4 Å². The second kappa shape index (κ2) is 8.90. The highest BCUT2D eigenvalue weighted by atomic mass is 35.5. The van der Waals surface area contributed by atoms with Gasteiger partial charge in [0, 0.05) is 21.3 Å². The van der Waals surface area contributed by atoms with Crippen LogP contribution in [0.1, 0.15) is 5.56 Å². The molecule has 8 heteroatoms. The predicted molar refractivity (Wildman–Crippen MR) is 98.3 cm³/mol. The van der Waals surface area contributed by atoms with Crippen LogP contribution in [0, 0.1) is 11.3 Å². The van der Waals surface area contributed by atoms with Crippen LogP contribution in [0.5, 0.6) is 5.75 Å². The number of carbonyl (C=O) groups excluding carboxylic acids is 1. The van der Waals surface area contributed by atoms with Gasteiger partial charge in [-0.05, 0) is 42.5 Å². The summed E-state index contributed by atoms with van der Waals surface area (Å²) in [6, 6.07) is 12.7. The lowest BCUT2D eigenvalue weighted by Gasteiger charge is -2.09. The number of carboxylic acids is 1. The van der Waals surface area contributed by atoms with E-state index in [0.717, 1.165) is 0 Å². The fourth-order valence-electron chi connectivity index (χ4n) is 1.97. The molecule has 1 amide bonds. The summed E-state index contributed by atoms with van der Waals surface area (Å²) in [6.45, 7) is -0.570. The summed E-state index contributed by atoms with van der Waals surface area (Å²) in [5.41, 5.74) is 0.515. The van der Waals surface area contributed by atoms with Gasteiger partial charge in [-0.3, -0.25) is 4.79 Å². The number of aliphatic carboxylic acids is 1. The predicted octanol–water partition coefficient (Wildman–Crippen LogP) is 4.00. The summed E-state index contributed by atoms with van der Waals surface area (Å²) >= 11 is 11.8. The van der Waals surface area contributed by atoms with Crippen molar-refractivity contribution in [1.29, 1.82) is 5.26 Å². The van der Waals surface area contributed by atoms with E-state index < -0.39 is 18.5 Å². The van der Waals surface area contributed by atoms with Crippen molar-refractivity contribution in [3.05, 3.63) is 63.6 Å². The van der Waals surface area contributed by atoms with E-state index in [0.29, 0.717) is 21.3 Å². The SMILES string of the molecule is N#C/C(=C\c1cc(Cl)ccc1OCC(=O)O)C(=O)Nc1cccc(Cl)c1. The summed E-state index contributed by atoms with van der Waals surface area (Å²) in [5, 5.41) is 21.4. The van der Waals surface area contributed by atoms with Gasteiger partial charge in [0.25, 0.3) is 5.91 Å². The molecule has 0 fully saturated rings. The van der Waals surface area contributed by atoms with Crippen LogP contribution < -0.4 is 10.1 Å². The Morgan fingerprint density at radius 1 is 1.19 bits per heavy atom. The first-order valence-electron chi connectivity index (χ1n) is 7.22. The van der Waals surface area contributed by atoms with E-state index in [1.54, 1.807) is 24.3 Å². The van der Waals surface area contributed by atoms with Gasteiger partial charge in [-0.2, -0.15) is 5.26 Å². The zero-order valence-corrected chi connectivity index (χ0v) is 14.7. The summed E-state index contributed by atoms with van der Waals surface area (Å²) in [4.78, 5) is 23.0. The number of amides is 1. The second-order valence-electron chi connectivity index (χ2n) is 5.00. The Hall–Kier alpha value is -3.01. The molecule has 26 heavy (non-hydrogen) atoms. The number of hydrogen-bond donors (Lipinski definition) is 2. The highest BCUT2D eigenvalue weighted by molar-refractivity contribution is 6.31. The molecular weight excluding hydrogens is 379 g/mol. The molecule has 6 nitrogen and oxygen atoms in total. The summed E-state index contributed by atoms with van der Waals surface area (Å²) < 4.78 is 5.15. The van der Waals surface area contributed by atoms with Crippen molar-refractivity contribution in [3.8, 4) is 11.8 Å². The quantitative estimate of drug-likeness (QED) is 0.573. The Bertz CT molecular complexity index is 920. The third kappa shape index (κ3) is 5.52. The molecule has 0 saturated carbocycles. The molecular formula is C18H12Cl2N2O4. The number of hydrogen-bond acceptors (Lipinski definition) is 4. The molecule has 2 rings (SSSR count). The average Bonchev–Trinajstić information content (AvgIpc) is 2.58. The van der Waals surface area contributed by atoms with Crippen LogP contribution >= 0.6 is 23.2 Å². The minimum Gasteiger partial charge on any atom is -0.481 e. The molecule has 0 aliphatic heterocycles. The van der Waals surface area contributed by atoms with Crippen molar-refractivity contribution in [2.45, 2.75) is 0 Å². The van der Waals surface area contributed by atoms with Gasteiger partial charge in [-0.1, -0.05) is 29.3 Å². The molecule has 0 radical (unpaired) electrons. The molecule has 0 saturated heterocycles. The maximum Gasteiger partial charge on any atom is 0.341 e. The molecule has 0 spiro atoms. The van der Waals surface area contributed by atoms with Crippen molar-refractivity contribution in [2.24, 2.45) is 0 Å². The molecule has 2 N–H and O–H groups in total. The van der Waals surface area contributed by atoms with Crippen LogP contribution in [-0.4, -0.2) is 23.6 Å². The Labute approximate surface area is 159 Å². The van der Waals surface area contributed by atoms with Gasteiger partial charge in [-0.25, -0.2) is 4.79 Å². The molecule has 0 aliphatic carbocycles. The van der Waals surface area contributed by atoms with Crippen LogP contribution in [0.3, 0.4) is 0 Å². The zero-order valence-electron chi connectivity index (χ0n) is 13.2. The average molecular weight is 391 g/mol. The fourth-order valence-corrected chi connectivity index (χ4v) is 2.34. The Kier molecular flexibility index (Phi) is 6.61. The number of rotatable bonds is 6. The van der Waals surface area contributed by atoms with E-state index in [2.05, 4.69) is 5.32 Å². The molecule has 0 aromatic heterocycles. The number of nitriles is 1. The number of anilines is 1. The van der Waals surface area contributed by atoms with Gasteiger partial charge in [-0.15, -0.1) is 0 Å². The smallest absolute Gasteiger partial charge is 0.341 e. The Morgan fingerprint density at radius 3 is 2.58 bits per heavy atom. The molecule has 0 atom stereocenters. The lowest BCUT2D eigenvalue weighted by atomic mass is 10.1. The van der Waals surface area contributed by atoms with Crippen LogP contribution in [0.15, 0.2) is 48.0 Å². The van der Waals surface area contributed by atoms with Gasteiger partial charge < -0.3 is 15.2 Å². The monoisotopic (exact) mass is 390 g/mol. The fraction of sp³-hybridized carbons (Fsp3) is 0.0556. The molecule has 132 valence electrons. The standard InChI is InChI=1S/C18H12Cl2N2O4/c19-13-2-1-3-15(8-13)22-18(25)12(9-21)6-11-7-14(20)4-5-16(11)26-10-17(23)24/h1-8H,10H2,(H,22,25)(H,23,24)/b12-6+. The van der Waals surface area contributed by atoms with Crippen molar-refractivity contribution in [2.75, 3.05) is 11.9 Å². The van der Waals surface area contributed by atoms with Crippen LogP contribution in [-0.2, 0) is 9.59 Å². The first-order valence-corrected chi connectivity index (χ1v) is 7.97. The van der Waals surface area contributed by atoms with Crippen LogP contribution in [0.4, 0.5) is 5.69 Å². The van der Waals surface area contributed by atoms with Crippen LogP contribution in [0.25, 0.3) is 6.08 Å². The van der Waals surface area contributed by atoms with E-state index in [1.807, 2.05) is 0 Å². The van der Waals surface area contributed by atoms with Gasteiger partial charge in [0.1, 0.15) is 17.4 Å². The van der Waals surface area contributed by atoms with Crippen molar-refractivity contribution in [3.63, 3.8) is 0 Å². The highest BCUT2D eigenvalue weighted by Gasteiger charge is 2.13. The third-order valence-electron chi connectivity index (χ3n) is 3.07. The van der Waals surface area contributed by atoms with E-state index in [4.69, 9.17) is 33.0 Å². The number of nitrogens with one attached hydrogen (secondary N) is 1. The molecule has 2 aromatic rings. The van der Waals surface area contributed by atoms with Gasteiger partial charge in [0.15, 0.2) is 6.61 Å². The Morgan fingerprint density at radius 2 is 1.92 bits per heavy atom.